The fourth-order valence-corrected chi connectivity index (χ4v) is 4.80. The van der Waals surface area contributed by atoms with Crippen LogP contribution in [0.15, 0.2) is 84.9 Å². The summed E-state index contributed by atoms with van der Waals surface area (Å²) < 4.78 is 33.3. The number of esters is 2. The average Bonchev–Trinajstić information content (AvgIpc) is 3.36. The molecule has 0 amide bonds. The first-order valence-corrected chi connectivity index (χ1v) is 14.5. The number of aliphatic hydroxyl groups is 4. The van der Waals surface area contributed by atoms with E-state index in [0.717, 1.165) is 6.08 Å². The van der Waals surface area contributed by atoms with E-state index < -0.39 is 80.5 Å². The number of aliphatic hydroxyl groups excluding tert-OH is 3. The molecule has 5 rings (SSSR count). The van der Waals surface area contributed by atoms with Crippen molar-refractivity contribution in [2.75, 3.05) is 19.8 Å². The predicted molar refractivity (Wildman–Crippen MR) is 160 cm³/mol. The van der Waals surface area contributed by atoms with Gasteiger partial charge in [0.25, 0.3) is 0 Å². The van der Waals surface area contributed by atoms with Gasteiger partial charge in [-0.05, 0) is 60.2 Å². The maximum Gasteiger partial charge on any atom is 0.338 e. The van der Waals surface area contributed by atoms with Crippen molar-refractivity contribution >= 4 is 18.0 Å². The maximum absolute atomic E-state index is 12.5. The number of carbonyl (C=O) groups excluding carboxylic acids is 2. The van der Waals surface area contributed by atoms with Crippen LogP contribution in [0, 0.1) is 0 Å². The molecule has 14 heteroatoms. The SMILES string of the molecule is O=C(/C=C/c1ccc(O)cc1)OC[C@@]1(O)CO[C@@H](O[C@H]2[C@H](Oc3ccc(O)cc3)O[C@H](COC(=O)c3ccccc3)[C@@H](O)[C@@H]2O)[C@@H]1O. The van der Waals surface area contributed by atoms with Crippen LogP contribution in [0.3, 0.4) is 0 Å². The summed E-state index contributed by atoms with van der Waals surface area (Å²) in [7, 11) is 0. The summed E-state index contributed by atoms with van der Waals surface area (Å²) >= 11 is 0. The smallest absolute Gasteiger partial charge is 0.338 e. The number of rotatable bonds is 11. The Morgan fingerprint density at radius 1 is 0.851 bits per heavy atom. The van der Waals surface area contributed by atoms with Gasteiger partial charge in [-0.25, -0.2) is 9.59 Å². The summed E-state index contributed by atoms with van der Waals surface area (Å²) in [5, 5.41) is 62.9. The topological polar surface area (TPSA) is 211 Å². The number of carbonyl (C=O) groups is 2. The van der Waals surface area contributed by atoms with Crippen molar-refractivity contribution in [2.45, 2.75) is 48.7 Å². The Hall–Kier alpha value is -4.54. The zero-order valence-corrected chi connectivity index (χ0v) is 24.8. The molecule has 8 atom stereocenters. The zero-order chi connectivity index (χ0) is 33.6. The van der Waals surface area contributed by atoms with Crippen molar-refractivity contribution in [3.63, 3.8) is 0 Å². The largest absolute Gasteiger partial charge is 0.508 e. The van der Waals surface area contributed by atoms with Crippen LogP contribution < -0.4 is 4.74 Å². The van der Waals surface area contributed by atoms with E-state index in [9.17, 15) is 40.2 Å². The number of ether oxygens (including phenoxy) is 6. The molecule has 0 spiro atoms. The molecule has 0 aromatic heterocycles. The summed E-state index contributed by atoms with van der Waals surface area (Å²) in [5.74, 6) is -1.34. The number of aromatic hydroxyl groups is 2. The second-order valence-corrected chi connectivity index (χ2v) is 11.0. The molecule has 6 N–H and O–H groups in total. The van der Waals surface area contributed by atoms with Crippen LogP contribution in [0.1, 0.15) is 15.9 Å². The van der Waals surface area contributed by atoms with Crippen LogP contribution in [0.25, 0.3) is 6.08 Å². The standard InChI is InChI=1S/C33H34O14/c34-21-9-6-19(7-10-21)8-15-25(36)43-17-33(41)18-44-32(29(33)39)47-28-27(38)26(37)24(16-42-30(40)20-4-2-1-3-5-20)46-31(28)45-23-13-11-22(35)12-14-23/h1-15,24,26-29,31-32,34-35,37-39,41H,16-18H2/b15-8+/t24-,26-,27+,28-,29+,31-,32+,33-/m1/s1. The second kappa shape index (κ2) is 14.9. The molecule has 0 unspecified atom stereocenters. The summed E-state index contributed by atoms with van der Waals surface area (Å²) in [6.07, 6.45) is -8.55. The van der Waals surface area contributed by atoms with Gasteiger partial charge in [-0.1, -0.05) is 30.3 Å². The lowest BCUT2D eigenvalue weighted by atomic mass is 9.98. The van der Waals surface area contributed by atoms with Gasteiger partial charge in [0.1, 0.15) is 54.9 Å². The number of phenols is 2. The van der Waals surface area contributed by atoms with E-state index in [-0.39, 0.29) is 22.8 Å². The molecule has 0 radical (unpaired) electrons. The van der Waals surface area contributed by atoms with Gasteiger partial charge in [0.05, 0.1) is 12.2 Å². The summed E-state index contributed by atoms with van der Waals surface area (Å²) in [5.41, 5.74) is -1.24. The molecular weight excluding hydrogens is 620 g/mol. The van der Waals surface area contributed by atoms with Crippen molar-refractivity contribution in [1.82, 2.24) is 0 Å². The lowest BCUT2D eigenvalue weighted by molar-refractivity contribution is -0.318. The molecule has 0 saturated carbocycles. The molecule has 2 heterocycles. The van der Waals surface area contributed by atoms with Gasteiger partial charge in [-0.2, -0.15) is 0 Å². The van der Waals surface area contributed by atoms with E-state index in [1.54, 1.807) is 42.5 Å². The number of benzene rings is 3. The highest BCUT2D eigenvalue weighted by atomic mass is 16.8. The highest BCUT2D eigenvalue weighted by Crippen LogP contribution is 2.33. The molecule has 2 saturated heterocycles. The normalized spacial score (nSPS) is 29.0. The Kier molecular flexibility index (Phi) is 10.7. The van der Waals surface area contributed by atoms with E-state index in [0.29, 0.717) is 5.56 Å². The summed E-state index contributed by atoms with van der Waals surface area (Å²) in [6, 6.07) is 19.6. The quantitative estimate of drug-likeness (QED) is 0.125. The summed E-state index contributed by atoms with van der Waals surface area (Å²) in [6.45, 7) is -1.67. The summed E-state index contributed by atoms with van der Waals surface area (Å²) in [4.78, 5) is 24.7. The molecule has 47 heavy (non-hydrogen) atoms. The van der Waals surface area contributed by atoms with Gasteiger partial charge in [-0.3, -0.25) is 0 Å². The first-order chi connectivity index (χ1) is 22.5. The maximum atomic E-state index is 12.5. The molecular formula is C33H34O14. The van der Waals surface area contributed by atoms with Crippen LogP contribution >= 0.6 is 0 Å². The minimum Gasteiger partial charge on any atom is -0.508 e. The average molecular weight is 655 g/mol. The Morgan fingerprint density at radius 2 is 1.51 bits per heavy atom. The number of hydrogen-bond acceptors (Lipinski definition) is 14. The predicted octanol–water partition coefficient (Wildman–Crippen LogP) is 0.870. The van der Waals surface area contributed by atoms with Gasteiger partial charge in [0.15, 0.2) is 18.0 Å². The number of hydrogen-bond donors (Lipinski definition) is 6. The van der Waals surface area contributed by atoms with Crippen molar-refractivity contribution in [2.24, 2.45) is 0 Å². The van der Waals surface area contributed by atoms with Crippen LogP contribution in [0.5, 0.6) is 17.2 Å². The Bertz CT molecular complexity index is 1510. The van der Waals surface area contributed by atoms with Crippen LogP contribution in [0.2, 0.25) is 0 Å². The second-order valence-electron chi connectivity index (χ2n) is 11.0. The van der Waals surface area contributed by atoms with Crippen molar-refractivity contribution in [3.05, 3.63) is 96.1 Å². The van der Waals surface area contributed by atoms with Gasteiger partial charge >= 0.3 is 11.9 Å². The number of phenolic OH excluding ortho intramolecular Hbond substituents is 2. The Balaban J connectivity index is 1.23. The van der Waals surface area contributed by atoms with Gasteiger partial charge < -0.3 is 59.1 Å². The third-order valence-corrected chi connectivity index (χ3v) is 7.49. The molecule has 14 nitrogen and oxygen atoms in total. The van der Waals surface area contributed by atoms with E-state index in [2.05, 4.69) is 0 Å². The fraction of sp³-hybridized carbons (Fsp3) is 0.333. The highest BCUT2D eigenvalue weighted by Gasteiger charge is 2.54. The zero-order valence-electron chi connectivity index (χ0n) is 24.8. The Morgan fingerprint density at radius 3 is 2.19 bits per heavy atom. The molecule has 3 aromatic carbocycles. The molecule has 0 bridgehead atoms. The molecule has 0 aliphatic carbocycles. The first-order valence-electron chi connectivity index (χ1n) is 14.5. The van der Waals surface area contributed by atoms with Crippen LogP contribution in [-0.2, 0) is 28.5 Å². The third-order valence-electron chi connectivity index (χ3n) is 7.49. The van der Waals surface area contributed by atoms with Crippen molar-refractivity contribution in [3.8, 4) is 17.2 Å². The monoisotopic (exact) mass is 654 g/mol. The molecule has 2 aliphatic heterocycles. The molecule has 2 aliphatic rings. The van der Waals surface area contributed by atoms with Gasteiger partial charge in [0.2, 0.25) is 6.29 Å². The lowest BCUT2D eigenvalue weighted by Crippen LogP contribution is -2.62. The van der Waals surface area contributed by atoms with Crippen molar-refractivity contribution in [1.29, 1.82) is 0 Å². The third kappa shape index (κ3) is 8.44. The van der Waals surface area contributed by atoms with E-state index in [1.165, 1.54) is 42.5 Å². The van der Waals surface area contributed by atoms with E-state index in [4.69, 9.17) is 28.4 Å². The molecule has 250 valence electrons. The minimum absolute atomic E-state index is 0.0471. The van der Waals surface area contributed by atoms with Gasteiger partial charge in [-0.15, -0.1) is 0 Å². The minimum atomic E-state index is -2.10. The fourth-order valence-electron chi connectivity index (χ4n) is 4.80. The first kappa shape index (κ1) is 33.8. The van der Waals surface area contributed by atoms with Crippen LogP contribution in [0.4, 0.5) is 0 Å². The van der Waals surface area contributed by atoms with Gasteiger partial charge in [0, 0.05) is 6.08 Å². The lowest BCUT2D eigenvalue weighted by Gasteiger charge is -2.42. The van der Waals surface area contributed by atoms with E-state index in [1.807, 2.05) is 0 Å². The highest BCUT2D eigenvalue weighted by molar-refractivity contribution is 5.89. The van der Waals surface area contributed by atoms with E-state index >= 15 is 0 Å². The molecule has 3 aromatic rings. The Labute approximate surface area is 268 Å². The van der Waals surface area contributed by atoms with Crippen LogP contribution in [-0.4, -0.2) is 111 Å². The van der Waals surface area contributed by atoms with Crippen molar-refractivity contribution < 1.29 is 68.6 Å². The molecule has 2 fully saturated rings.